The highest BCUT2D eigenvalue weighted by Gasteiger charge is 2.03. The number of hydrogen-bond donors (Lipinski definition) is 1. The van der Waals surface area contributed by atoms with E-state index in [0.717, 1.165) is 6.54 Å². The topological polar surface area (TPSA) is 12.0 Å². The highest BCUT2D eigenvalue weighted by molar-refractivity contribution is 5.33. The molecule has 1 aromatic carbocycles. The summed E-state index contributed by atoms with van der Waals surface area (Å²) in [5, 5.41) is 3.53. The van der Waals surface area contributed by atoms with Crippen molar-refractivity contribution < 1.29 is 0 Å². The van der Waals surface area contributed by atoms with Gasteiger partial charge >= 0.3 is 0 Å². The molecule has 0 spiro atoms. The summed E-state index contributed by atoms with van der Waals surface area (Å²) in [6, 6.07) is 7.09. The lowest BCUT2D eigenvalue weighted by Gasteiger charge is -2.14. The number of hydrogen-bond acceptors (Lipinski definition) is 1. The summed E-state index contributed by atoms with van der Waals surface area (Å²) in [6.45, 7) is 9.80. The van der Waals surface area contributed by atoms with Crippen LogP contribution in [0.15, 0.2) is 18.2 Å². The molecule has 1 aromatic rings. The summed E-state index contributed by atoms with van der Waals surface area (Å²) in [5.41, 5.74) is 4.23. The van der Waals surface area contributed by atoms with Crippen LogP contribution in [0, 0.1) is 13.8 Å². The van der Waals surface area contributed by atoms with Crippen LogP contribution < -0.4 is 5.32 Å². The molecule has 1 unspecified atom stereocenters. The predicted molar refractivity (Wildman–Crippen MR) is 62.5 cm³/mol. The summed E-state index contributed by atoms with van der Waals surface area (Å²) in [6.07, 6.45) is 1.19. The van der Waals surface area contributed by atoms with Crippen LogP contribution in [0.25, 0.3) is 0 Å². The van der Waals surface area contributed by atoms with E-state index in [1.807, 2.05) is 0 Å². The van der Waals surface area contributed by atoms with Crippen LogP contribution in [0.4, 0.5) is 0 Å². The van der Waals surface area contributed by atoms with E-state index in [2.05, 4.69) is 51.2 Å². The zero-order valence-corrected chi connectivity index (χ0v) is 9.72. The van der Waals surface area contributed by atoms with Crippen molar-refractivity contribution in [2.45, 2.75) is 46.7 Å². The zero-order valence-electron chi connectivity index (χ0n) is 9.72. The average Bonchev–Trinajstić information content (AvgIpc) is 2.16. The Balaban J connectivity index is 2.66. The minimum Gasteiger partial charge on any atom is -0.310 e. The van der Waals surface area contributed by atoms with Gasteiger partial charge in [0.2, 0.25) is 0 Å². The maximum Gasteiger partial charge on any atom is 0.0213 e. The first-order valence-corrected chi connectivity index (χ1v) is 5.43. The van der Waals surface area contributed by atoms with Crippen LogP contribution in [0.2, 0.25) is 0 Å². The summed E-state index contributed by atoms with van der Waals surface area (Å²) in [4.78, 5) is 0. The van der Waals surface area contributed by atoms with E-state index in [9.17, 15) is 0 Å². The van der Waals surface area contributed by atoms with Gasteiger partial charge in [-0.25, -0.2) is 0 Å². The molecule has 1 rings (SSSR count). The van der Waals surface area contributed by atoms with Crippen molar-refractivity contribution in [1.29, 1.82) is 0 Å². The van der Waals surface area contributed by atoms with Crippen LogP contribution in [-0.2, 0) is 6.54 Å². The van der Waals surface area contributed by atoms with Gasteiger partial charge in [0.1, 0.15) is 0 Å². The third-order valence-corrected chi connectivity index (χ3v) is 2.88. The Hall–Kier alpha value is -0.820. The molecule has 1 heteroatoms. The molecule has 0 heterocycles. The van der Waals surface area contributed by atoms with Gasteiger partial charge in [0, 0.05) is 12.6 Å². The number of nitrogens with one attached hydrogen (secondary N) is 1. The van der Waals surface area contributed by atoms with Crippen molar-refractivity contribution >= 4 is 0 Å². The number of benzene rings is 1. The van der Waals surface area contributed by atoms with E-state index < -0.39 is 0 Å². The molecule has 0 bridgehead atoms. The molecule has 0 aliphatic carbocycles. The first-order valence-electron chi connectivity index (χ1n) is 5.43. The van der Waals surface area contributed by atoms with Gasteiger partial charge in [0.25, 0.3) is 0 Å². The van der Waals surface area contributed by atoms with Gasteiger partial charge in [-0.2, -0.15) is 0 Å². The summed E-state index contributed by atoms with van der Waals surface area (Å²) < 4.78 is 0. The molecule has 14 heavy (non-hydrogen) atoms. The molecule has 0 aromatic heterocycles. The Morgan fingerprint density at radius 3 is 2.29 bits per heavy atom. The molecule has 0 aliphatic rings. The van der Waals surface area contributed by atoms with Crippen LogP contribution in [0.3, 0.4) is 0 Å². The Bertz CT molecular complexity index is 271. The molecule has 0 aliphatic heterocycles. The standard InChI is InChI=1S/C13H21N/c1-5-12(4)14-9-13-10(2)7-6-8-11(13)3/h6-8,12,14H,5,9H2,1-4H3. The predicted octanol–water partition coefficient (Wildman–Crippen LogP) is 3.19. The third kappa shape index (κ3) is 2.85. The van der Waals surface area contributed by atoms with Crippen molar-refractivity contribution in [1.82, 2.24) is 5.32 Å². The quantitative estimate of drug-likeness (QED) is 0.770. The summed E-state index contributed by atoms with van der Waals surface area (Å²) >= 11 is 0. The number of aryl methyl sites for hydroxylation is 2. The second-order valence-corrected chi connectivity index (χ2v) is 4.06. The highest BCUT2D eigenvalue weighted by atomic mass is 14.9. The van der Waals surface area contributed by atoms with Gasteiger partial charge in [-0.1, -0.05) is 25.1 Å². The average molecular weight is 191 g/mol. The first-order chi connectivity index (χ1) is 6.65. The van der Waals surface area contributed by atoms with Gasteiger partial charge < -0.3 is 5.32 Å². The Morgan fingerprint density at radius 2 is 1.79 bits per heavy atom. The monoisotopic (exact) mass is 191 g/mol. The lowest BCUT2D eigenvalue weighted by Crippen LogP contribution is -2.25. The number of rotatable bonds is 4. The van der Waals surface area contributed by atoms with Crippen molar-refractivity contribution in [2.24, 2.45) is 0 Å². The van der Waals surface area contributed by atoms with Gasteiger partial charge in [-0.15, -0.1) is 0 Å². The van der Waals surface area contributed by atoms with Crippen molar-refractivity contribution in [2.75, 3.05) is 0 Å². The van der Waals surface area contributed by atoms with E-state index in [0.29, 0.717) is 6.04 Å². The van der Waals surface area contributed by atoms with Gasteiger partial charge in [-0.3, -0.25) is 0 Å². The normalized spacial score (nSPS) is 12.9. The first kappa shape index (κ1) is 11.3. The van der Waals surface area contributed by atoms with Crippen LogP contribution in [0.5, 0.6) is 0 Å². The molecule has 0 saturated carbocycles. The Labute approximate surface area is 87.5 Å². The third-order valence-electron chi connectivity index (χ3n) is 2.88. The minimum absolute atomic E-state index is 0.606. The lowest BCUT2D eigenvalue weighted by atomic mass is 10.0. The van der Waals surface area contributed by atoms with Gasteiger partial charge in [-0.05, 0) is 43.9 Å². The molecule has 0 amide bonds. The second kappa shape index (κ2) is 5.16. The van der Waals surface area contributed by atoms with E-state index >= 15 is 0 Å². The summed E-state index contributed by atoms with van der Waals surface area (Å²) in [7, 11) is 0. The maximum absolute atomic E-state index is 3.53. The summed E-state index contributed by atoms with van der Waals surface area (Å²) in [5.74, 6) is 0. The van der Waals surface area contributed by atoms with Crippen LogP contribution in [-0.4, -0.2) is 6.04 Å². The SMILES string of the molecule is CCC(C)NCc1c(C)cccc1C. The Morgan fingerprint density at radius 1 is 1.21 bits per heavy atom. The largest absolute Gasteiger partial charge is 0.310 e. The van der Waals surface area contributed by atoms with Crippen LogP contribution in [0.1, 0.15) is 37.0 Å². The fourth-order valence-electron chi connectivity index (χ4n) is 1.55. The fourth-order valence-corrected chi connectivity index (χ4v) is 1.55. The maximum atomic E-state index is 3.53. The molecule has 1 atom stereocenters. The van der Waals surface area contributed by atoms with Gasteiger partial charge in [0.15, 0.2) is 0 Å². The van der Waals surface area contributed by atoms with E-state index in [1.54, 1.807) is 0 Å². The Kier molecular flexibility index (Phi) is 4.15. The molecule has 1 nitrogen and oxygen atoms in total. The second-order valence-electron chi connectivity index (χ2n) is 4.06. The molecule has 1 N–H and O–H groups in total. The van der Waals surface area contributed by atoms with Crippen molar-refractivity contribution in [3.63, 3.8) is 0 Å². The van der Waals surface area contributed by atoms with Crippen molar-refractivity contribution in [3.05, 3.63) is 34.9 Å². The molecular formula is C13H21N. The van der Waals surface area contributed by atoms with E-state index in [-0.39, 0.29) is 0 Å². The molecular weight excluding hydrogens is 170 g/mol. The van der Waals surface area contributed by atoms with Crippen molar-refractivity contribution in [3.8, 4) is 0 Å². The van der Waals surface area contributed by atoms with Gasteiger partial charge in [0.05, 0.1) is 0 Å². The minimum atomic E-state index is 0.606. The van der Waals surface area contributed by atoms with E-state index in [4.69, 9.17) is 0 Å². The molecule has 0 fully saturated rings. The van der Waals surface area contributed by atoms with E-state index in [1.165, 1.54) is 23.1 Å². The molecule has 0 saturated heterocycles. The molecule has 78 valence electrons. The highest BCUT2D eigenvalue weighted by Crippen LogP contribution is 2.12. The molecule has 0 radical (unpaired) electrons. The van der Waals surface area contributed by atoms with Crippen LogP contribution >= 0.6 is 0 Å². The zero-order chi connectivity index (χ0) is 10.6. The smallest absolute Gasteiger partial charge is 0.0213 e. The lowest BCUT2D eigenvalue weighted by molar-refractivity contribution is 0.532. The fraction of sp³-hybridized carbons (Fsp3) is 0.538.